The van der Waals surface area contributed by atoms with E-state index in [1.165, 1.54) is 5.39 Å². The van der Waals surface area contributed by atoms with Crippen LogP contribution in [0.15, 0.2) is 104 Å². The van der Waals surface area contributed by atoms with Crippen LogP contribution in [0, 0.1) is 0 Å². The lowest BCUT2D eigenvalue weighted by molar-refractivity contribution is 0.415. The molecule has 1 aliphatic heterocycles. The highest BCUT2D eigenvalue weighted by atomic mass is 16.5. The molecule has 2 N–H and O–H groups in total. The summed E-state index contributed by atoms with van der Waals surface area (Å²) >= 11 is 0. The van der Waals surface area contributed by atoms with Crippen molar-refractivity contribution in [2.75, 3.05) is 71.3 Å². The zero-order valence-corrected chi connectivity index (χ0v) is 26.2. The van der Waals surface area contributed by atoms with Crippen molar-refractivity contribution in [2.24, 2.45) is 0 Å². The number of anilines is 2. The van der Waals surface area contributed by atoms with Crippen LogP contribution in [0.25, 0.3) is 32.6 Å². The number of nitrogens with zero attached hydrogens (tertiary/aromatic N) is 6. The van der Waals surface area contributed by atoms with Gasteiger partial charge in [-0.3, -0.25) is 9.97 Å². The molecule has 0 saturated carbocycles. The van der Waals surface area contributed by atoms with Crippen molar-refractivity contribution in [3.8, 4) is 5.75 Å². The molecule has 44 heavy (non-hydrogen) atoms. The van der Waals surface area contributed by atoms with Gasteiger partial charge < -0.3 is 25.2 Å². The van der Waals surface area contributed by atoms with Gasteiger partial charge in [0.1, 0.15) is 17.4 Å². The van der Waals surface area contributed by atoms with Crippen molar-refractivity contribution in [2.45, 2.75) is 0 Å². The summed E-state index contributed by atoms with van der Waals surface area (Å²) in [6, 6.07) is 26.0. The summed E-state index contributed by atoms with van der Waals surface area (Å²) in [6.45, 7) is 4.56. The standard InChI is InChI=1S/C12H14N2O.C12H8N2.C7H10N2.C4H10N2/c1-14(2)12-7-4-9-8-10(15-3)5-6-11(9)13-12;1-2-9-3-4-10-8-13-7-5-11(10)12(9)14-6-1;1-9(2)7-5-3-4-6-8-7;1-2-6-4-3-5-1/h4-8H,1-3H3;1-8H;3-6H,1-2H3;5-6H,1-4H2. The Labute approximate surface area is 259 Å². The Morgan fingerprint density at radius 2 is 1.34 bits per heavy atom. The van der Waals surface area contributed by atoms with Crippen LogP contribution in [0.3, 0.4) is 0 Å². The number of nitrogens with one attached hydrogen (secondary N) is 2. The zero-order chi connectivity index (χ0) is 31.1. The van der Waals surface area contributed by atoms with Crippen LogP contribution in [-0.2, 0) is 0 Å². The molecule has 0 unspecified atom stereocenters. The van der Waals surface area contributed by atoms with Gasteiger partial charge >= 0.3 is 0 Å². The summed E-state index contributed by atoms with van der Waals surface area (Å²) in [5.41, 5.74) is 2.04. The van der Waals surface area contributed by atoms with E-state index in [9.17, 15) is 0 Å². The molecule has 6 aromatic rings. The molecule has 1 fully saturated rings. The summed E-state index contributed by atoms with van der Waals surface area (Å²) in [7, 11) is 9.59. The van der Waals surface area contributed by atoms with E-state index in [4.69, 9.17) is 4.74 Å². The summed E-state index contributed by atoms with van der Waals surface area (Å²) in [5.74, 6) is 2.83. The maximum absolute atomic E-state index is 5.16. The minimum atomic E-state index is 0.863. The van der Waals surface area contributed by atoms with Crippen molar-refractivity contribution in [1.29, 1.82) is 0 Å². The number of fused-ring (bicyclic) bond motifs is 4. The first-order chi connectivity index (χ1) is 21.5. The minimum absolute atomic E-state index is 0.863. The second kappa shape index (κ2) is 16.7. The third-order valence-electron chi connectivity index (χ3n) is 6.79. The molecule has 0 atom stereocenters. The van der Waals surface area contributed by atoms with Crippen LogP contribution >= 0.6 is 0 Å². The summed E-state index contributed by atoms with van der Waals surface area (Å²) in [5, 5.41) is 11.0. The van der Waals surface area contributed by atoms with Crippen LogP contribution in [0.4, 0.5) is 11.6 Å². The largest absolute Gasteiger partial charge is 0.497 e. The Kier molecular flexibility index (Phi) is 12.2. The Bertz CT molecular complexity index is 1660. The molecule has 0 aliphatic carbocycles. The molecule has 0 radical (unpaired) electrons. The van der Waals surface area contributed by atoms with Gasteiger partial charge in [-0.2, -0.15) is 0 Å². The van der Waals surface area contributed by atoms with Gasteiger partial charge in [-0.1, -0.05) is 24.3 Å². The molecule has 5 heterocycles. The minimum Gasteiger partial charge on any atom is -0.497 e. The molecule has 1 aliphatic rings. The third kappa shape index (κ3) is 9.32. The topological polar surface area (TPSA) is 91.3 Å². The van der Waals surface area contributed by atoms with Gasteiger partial charge in [0, 0.05) is 101 Å². The van der Waals surface area contributed by atoms with Gasteiger partial charge in [-0.05, 0) is 54.6 Å². The molecule has 228 valence electrons. The summed E-state index contributed by atoms with van der Waals surface area (Å²) < 4.78 is 5.16. The fourth-order valence-electron chi connectivity index (χ4n) is 4.40. The van der Waals surface area contributed by atoms with Crippen molar-refractivity contribution in [3.05, 3.63) is 104 Å². The second-order valence-corrected chi connectivity index (χ2v) is 10.4. The predicted molar refractivity (Wildman–Crippen MR) is 184 cm³/mol. The fraction of sp³-hybridized carbons (Fsp3) is 0.257. The maximum atomic E-state index is 5.16. The second-order valence-electron chi connectivity index (χ2n) is 10.4. The molecule has 0 spiro atoms. The van der Waals surface area contributed by atoms with E-state index in [1.54, 1.807) is 19.5 Å². The lowest BCUT2D eigenvalue weighted by atomic mass is 10.1. The molecule has 0 amide bonds. The smallest absolute Gasteiger partial charge is 0.128 e. The first-order valence-electron chi connectivity index (χ1n) is 14.7. The number of pyridine rings is 4. The lowest BCUT2D eigenvalue weighted by Gasteiger charge is -2.11. The number of ether oxygens (including phenoxy) is 1. The molecule has 0 bridgehead atoms. The fourth-order valence-corrected chi connectivity index (χ4v) is 4.40. The average molecular weight is 591 g/mol. The van der Waals surface area contributed by atoms with Crippen LogP contribution in [-0.4, -0.2) is 81.4 Å². The van der Waals surface area contributed by atoms with Gasteiger partial charge in [0.05, 0.1) is 18.1 Å². The van der Waals surface area contributed by atoms with E-state index >= 15 is 0 Å². The SMILES string of the molecule is C1CNCCN1.CN(C)c1ccccn1.COc1ccc2nc(N(C)C)ccc2c1.c1cnc2c(c1)ccc1cnccc12. The van der Waals surface area contributed by atoms with Crippen LogP contribution < -0.4 is 25.2 Å². The van der Waals surface area contributed by atoms with E-state index in [2.05, 4.69) is 54.8 Å². The number of benzene rings is 2. The quantitative estimate of drug-likeness (QED) is 0.262. The molecule has 9 nitrogen and oxygen atoms in total. The highest BCUT2D eigenvalue weighted by Crippen LogP contribution is 2.22. The maximum Gasteiger partial charge on any atom is 0.128 e. The van der Waals surface area contributed by atoms with Gasteiger partial charge in [0.25, 0.3) is 0 Å². The van der Waals surface area contributed by atoms with E-state index in [0.717, 1.165) is 70.8 Å². The molecule has 1 saturated heterocycles. The molecule has 7 rings (SSSR count). The first-order valence-corrected chi connectivity index (χ1v) is 14.7. The number of aromatic nitrogens is 4. The monoisotopic (exact) mass is 590 g/mol. The number of hydrogen-bond acceptors (Lipinski definition) is 9. The summed E-state index contributed by atoms with van der Waals surface area (Å²) in [4.78, 5) is 21.1. The predicted octanol–water partition coefficient (Wildman–Crippen LogP) is 5.42. The number of piperazine rings is 1. The van der Waals surface area contributed by atoms with Crippen LogP contribution in [0.1, 0.15) is 0 Å². The zero-order valence-electron chi connectivity index (χ0n) is 26.2. The Morgan fingerprint density at radius 3 is 1.98 bits per heavy atom. The molecular weight excluding hydrogens is 548 g/mol. The number of rotatable bonds is 3. The third-order valence-corrected chi connectivity index (χ3v) is 6.79. The lowest BCUT2D eigenvalue weighted by Crippen LogP contribution is -2.39. The van der Waals surface area contributed by atoms with Gasteiger partial charge in [-0.15, -0.1) is 0 Å². The van der Waals surface area contributed by atoms with E-state index in [0.29, 0.717) is 0 Å². The van der Waals surface area contributed by atoms with Crippen molar-refractivity contribution in [3.63, 3.8) is 0 Å². The van der Waals surface area contributed by atoms with Crippen molar-refractivity contribution < 1.29 is 4.74 Å². The summed E-state index contributed by atoms with van der Waals surface area (Å²) in [6.07, 6.45) is 7.28. The van der Waals surface area contributed by atoms with Gasteiger partial charge in [-0.25, -0.2) is 9.97 Å². The highest BCUT2D eigenvalue weighted by molar-refractivity contribution is 6.04. The van der Waals surface area contributed by atoms with Crippen LogP contribution in [0.5, 0.6) is 5.75 Å². The van der Waals surface area contributed by atoms with E-state index < -0.39 is 0 Å². The number of methoxy groups -OCH3 is 1. The number of hydrogen-bond donors (Lipinski definition) is 2. The average Bonchev–Trinajstić information content (AvgIpc) is 3.09. The Morgan fingerprint density at radius 1 is 0.636 bits per heavy atom. The normalized spacial score (nSPS) is 12.1. The van der Waals surface area contributed by atoms with E-state index in [1.807, 2.05) is 105 Å². The Balaban J connectivity index is 0.000000141. The van der Waals surface area contributed by atoms with Gasteiger partial charge in [0.15, 0.2) is 0 Å². The van der Waals surface area contributed by atoms with E-state index in [-0.39, 0.29) is 0 Å². The molecule has 9 heteroatoms. The molecule has 2 aromatic carbocycles. The van der Waals surface area contributed by atoms with Crippen molar-refractivity contribution in [1.82, 2.24) is 30.6 Å². The Hall–Kier alpha value is -4.86. The van der Waals surface area contributed by atoms with Crippen LogP contribution in [0.2, 0.25) is 0 Å². The highest BCUT2D eigenvalue weighted by Gasteiger charge is 2.01. The molecule has 4 aromatic heterocycles. The van der Waals surface area contributed by atoms with Crippen molar-refractivity contribution >= 4 is 44.2 Å². The molecular formula is C35H42N8O. The van der Waals surface area contributed by atoms with Gasteiger partial charge in [0.2, 0.25) is 0 Å². The first kappa shape index (κ1) is 32.1.